The molecule has 112 valence electrons. The molecule has 21 heavy (non-hydrogen) atoms. The van der Waals surface area contributed by atoms with Gasteiger partial charge in [-0.3, -0.25) is 0 Å². The average Bonchev–Trinajstić information content (AvgIpc) is 2.44. The van der Waals surface area contributed by atoms with Crippen LogP contribution in [0.25, 0.3) is 0 Å². The maximum Gasteiger partial charge on any atom is 0.323 e. The number of hydrogen-bond donors (Lipinski definition) is 2. The van der Waals surface area contributed by atoms with Gasteiger partial charge in [0.15, 0.2) is 0 Å². The zero-order chi connectivity index (χ0) is 15.2. The minimum atomic E-state index is 0.0155. The topological polar surface area (TPSA) is 72.0 Å². The molecule has 0 unspecified atom stereocenters. The Kier molecular flexibility index (Phi) is 4.92. The molecule has 6 heteroatoms. The van der Waals surface area contributed by atoms with Crippen LogP contribution in [0.3, 0.4) is 0 Å². The highest BCUT2D eigenvalue weighted by Gasteiger charge is 2.08. The lowest BCUT2D eigenvalue weighted by molar-refractivity contribution is 0.222. The summed E-state index contributed by atoms with van der Waals surface area (Å²) in [6.45, 7) is 6.58. The molecule has 0 radical (unpaired) electrons. The Hall–Kier alpha value is -2.37. The Balaban J connectivity index is 2.11. The van der Waals surface area contributed by atoms with Gasteiger partial charge in [-0.15, -0.1) is 0 Å². The number of aromatic nitrogens is 3. The summed E-state index contributed by atoms with van der Waals surface area (Å²) in [5.41, 5.74) is 2.40. The van der Waals surface area contributed by atoms with Gasteiger partial charge in [0.05, 0.1) is 6.10 Å². The maximum atomic E-state index is 5.53. The van der Waals surface area contributed by atoms with Crippen LogP contribution in [-0.4, -0.2) is 28.1 Å². The Morgan fingerprint density at radius 1 is 1.14 bits per heavy atom. The summed E-state index contributed by atoms with van der Waals surface area (Å²) in [7, 11) is 1.76. The van der Waals surface area contributed by atoms with E-state index in [0.29, 0.717) is 24.5 Å². The summed E-state index contributed by atoms with van der Waals surface area (Å²) in [5.74, 6) is 0.971. The summed E-state index contributed by atoms with van der Waals surface area (Å²) < 4.78 is 5.53. The molecule has 0 aliphatic rings. The number of hydrogen-bond acceptors (Lipinski definition) is 6. The lowest BCUT2D eigenvalue weighted by Crippen LogP contribution is -2.13. The number of nitrogens with zero attached hydrogens (tertiary/aromatic N) is 3. The molecule has 0 saturated heterocycles. The minimum Gasteiger partial charge on any atom is -0.461 e. The van der Waals surface area contributed by atoms with Crippen LogP contribution >= 0.6 is 0 Å². The van der Waals surface area contributed by atoms with E-state index in [1.165, 1.54) is 11.1 Å². The van der Waals surface area contributed by atoms with E-state index >= 15 is 0 Å². The van der Waals surface area contributed by atoms with Gasteiger partial charge < -0.3 is 15.4 Å². The molecule has 2 aromatic rings. The average molecular weight is 287 g/mol. The second kappa shape index (κ2) is 6.88. The first-order valence-corrected chi connectivity index (χ1v) is 6.96. The van der Waals surface area contributed by atoms with Gasteiger partial charge in [0.2, 0.25) is 11.9 Å². The van der Waals surface area contributed by atoms with Crippen molar-refractivity contribution in [3.05, 3.63) is 35.4 Å². The molecule has 1 aromatic carbocycles. The van der Waals surface area contributed by atoms with Crippen molar-refractivity contribution >= 4 is 11.9 Å². The van der Waals surface area contributed by atoms with Crippen LogP contribution in [0.5, 0.6) is 6.01 Å². The largest absolute Gasteiger partial charge is 0.461 e. The molecule has 0 spiro atoms. The van der Waals surface area contributed by atoms with Crippen LogP contribution in [0.15, 0.2) is 24.3 Å². The standard InChI is InChI=1S/C15H21N5O/c1-10(2)21-15-19-13(16-4)18-14(20-15)17-9-12-7-5-6-11(3)8-12/h5-8,10H,9H2,1-4H3,(H2,16,17,18,19,20). The van der Waals surface area contributed by atoms with E-state index in [4.69, 9.17) is 4.74 Å². The number of benzene rings is 1. The molecular weight excluding hydrogens is 266 g/mol. The van der Waals surface area contributed by atoms with Gasteiger partial charge >= 0.3 is 6.01 Å². The van der Waals surface area contributed by atoms with Crippen molar-refractivity contribution in [2.45, 2.75) is 33.4 Å². The van der Waals surface area contributed by atoms with E-state index < -0.39 is 0 Å². The third-order valence-corrected chi connectivity index (χ3v) is 2.71. The first-order valence-electron chi connectivity index (χ1n) is 6.96. The fourth-order valence-electron chi connectivity index (χ4n) is 1.81. The fourth-order valence-corrected chi connectivity index (χ4v) is 1.81. The summed E-state index contributed by atoms with van der Waals surface area (Å²) >= 11 is 0. The molecule has 0 amide bonds. The number of rotatable bonds is 6. The number of nitrogens with one attached hydrogen (secondary N) is 2. The van der Waals surface area contributed by atoms with Crippen LogP contribution in [0.2, 0.25) is 0 Å². The summed E-state index contributed by atoms with van der Waals surface area (Å²) in [6, 6.07) is 8.60. The van der Waals surface area contributed by atoms with Gasteiger partial charge in [0.1, 0.15) is 0 Å². The van der Waals surface area contributed by atoms with Crippen molar-refractivity contribution in [3.8, 4) is 6.01 Å². The lowest BCUT2D eigenvalue weighted by atomic mass is 10.1. The second-order valence-electron chi connectivity index (χ2n) is 5.02. The highest BCUT2D eigenvalue weighted by molar-refractivity contribution is 5.36. The van der Waals surface area contributed by atoms with E-state index in [1.54, 1.807) is 7.05 Å². The predicted molar refractivity (Wildman–Crippen MR) is 83.6 cm³/mol. The molecule has 2 N–H and O–H groups in total. The summed E-state index contributed by atoms with van der Waals surface area (Å²) in [5, 5.41) is 6.10. The number of ether oxygens (including phenoxy) is 1. The zero-order valence-corrected chi connectivity index (χ0v) is 12.8. The molecule has 0 fully saturated rings. The normalized spacial score (nSPS) is 10.5. The van der Waals surface area contributed by atoms with E-state index in [-0.39, 0.29) is 6.10 Å². The number of anilines is 2. The molecule has 2 rings (SSSR count). The first kappa shape index (κ1) is 15.0. The quantitative estimate of drug-likeness (QED) is 0.851. The Morgan fingerprint density at radius 3 is 2.57 bits per heavy atom. The van der Waals surface area contributed by atoms with Gasteiger partial charge in [0.25, 0.3) is 0 Å². The van der Waals surface area contributed by atoms with Gasteiger partial charge in [-0.05, 0) is 26.3 Å². The molecule has 1 heterocycles. The monoisotopic (exact) mass is 287 g/mol. The van der Waals surface area contributed by atoms with Crippen molar-refractivity contribution in [2.75, 3.05) is 17.7 Å². The molecule has 0 bridgehead atoms. The summed E-state index contributed by atoms with van der Waals surface area (Å²) in [4.78, 5) is 12.7. The molecule has 0 aliphatic carbocycles. The highest BCUT2D eigenvalue weighted by Crippen LogP contribution is 2.13. The molecule has 0 atom stereocenters. The van der Waals surface area contributed by atoms with Gasteiger partial charge in [0, 0.05) is 13.6 Å². The van der Waals surface area contributed by atoms with Crippen molar-refractivity contribution < 1.29 is 4.74 Å². The van der Waals surface area contributed by atoms with Crippen LogP contribution in [-0.2, 0) is 6.54 Å². The van der Waals surface area contributed by atoms with Crippen molar-refractivity contribution in [1.82, 2.24) is 15.0 Å². The molecule has 0 saturated carbocycles. The predicted octanol–water partition coefficient (Wildman–Crippen LogP) is 2.62. The Morgan fingerprint density at radius 2 is 1.90 bits per heavy atom. The smallest absolute Gasteiger partial charge is 0.323 e. The van der Waals surface area contributed by atoms with Crippen LogP contribution < -0.4 is 15.4 Å². The molecule has 1 aromatic heterocycles. The van der Waals surface area contributed by atoms with E-state index in [0.717, 1.165) is 0 Å². The maximum absolute atomic E-state index is 5.53. The lowest BCUT2D eigenvalue weighted by Gasteiger charge is -2.11. The van der Waals surface area contributed by atoms with E-state index in [2.05, 4.69) is 50.7 Å². The van der Waals surface area contributed by atoms with Crippen LogP contribution in [0.4, 0.5) is 11.9 Å². The first-order chi connectivity index (χ1) is 10.1. The van der Waals surface area contributed by atoms with Gasteiger partial charge in [-0.2, -0.15) is 15.0 Å². The van der Waals surface area contributed by atoms with Gasteiger partial charge in [-0.1, -0.05) is 29.8 Å². The Labute approximate surface area is 125 Å². The van der Waals surface area contributed by atoms with E-state index in [1.807, 2.05) is 19.9 Å². The van der Waals surface area contributed by atoms with Crippen molar-refractivity contribution in [2.24, 2.45) is 0 Å². The summed E-state index contributed by atoms with van der Waals surface area (Å²) in [6.07, 6.45) is 0.0155. The van der Waals surface area contributed by atoms with Gasteiger partial charge in [-0.25, -0.2) is 0 Å². The SMILES string of the molecule is CNc1nc(NCc2cccc(C)c2)nc(OC(C)C)n1. The van der Waals surface area contributed by atoms with E-state index in [9.17, 15) is 0 Å². The van der Waals surface area contributed by atoms with Crippen molar-refractivity contribution in [1.29, 1.82) is 0 Å². The third kappa shape index (κ3) is 4.59. The van der Waals surface area contributed by atoms with Crippen LogP contribution in [0.1, 0.15) is 25.0 Å². The minimum absolute atomic E-state index is 0.0155. The van der Waals surface area contributed by atoms with Crippen LogP contribution in [0, 0.1) is 6.92 Å². The third-order valence-electron chi connectivity index (χ3n) is 2.71. The molecule has 0 aliphatic heterocycles. The van der Waals surface area contributed by atoms with Crippen molar-refractivity contribution in [3.63, 3.8) is 0 Å². The number of aryl methyl sites for hydroxylation is 1. The highest BCUT2D eigenvalue weighted by atomic mass is 16.5. The zero-order valence-electron chi connectivity index (χ0n) is 12.8. The second-order valence-corrected chi connectivity index (χ2v) is 5.02. The fraction of sp³-hybridized carbons (Fsp3) is 0.400. The Bertz CT molecular complexity index is 600. The molecule has 6 nitrogen and oxygen atoms in total. The molecular formula is C15H21N5O.